The van der Waals surface area contributed by atoms with Crippen LogP contribution in [0.2, 0.25) is 0 Å². The van der Waals surface area contributed by atoms with Crippen molar-refractivity contribution in [2.75, 3.05) is 18.8 Å². The molecular weight excluding hydrogens is 397 g/mol. The zero-order chi connectivity index (χ0) is 21.6. The molecule has 1 saturated heterocycles. The molecule has 0 bridgehead atoms. The largest absolute Gasteiger partial charge is 0.415 e. The number of halogens is 1. The molecule has 31 heavy (non-hydrogen) atoms. The van der Waals surface area contributed by atoms with Crippen molar-refractivity contribution < 1.29 is 18.8 Å². The zero-order valence-electron chi connectivity index (χ0n) is 17.5. The minimum Gasteiger partial charge on any atom is -0.410 e. The van der Waals surface area contributed by atoms with Gasteiger partial charge in [-0.15, -0.1) is 0 Å². The summed E-state index contributed by atoms with van der Waals surface area (Å²) in [5.74, 6) is 0.529. The lowest BCUT2D eigenvalue weighted by atomic mass is 9.83. The number of amides is 1. The fraction of sp³-hybridized carbons (Fsp3) is 0.417. The summed E-state index contributed by atoms with van der Waals surface area (Å²) in [7, 11) is 0. The second-order valence-electron chi connectivity index (χ2n) is 8.19. The van der Waals surface area contributed by atoms with E-state index in [1.807, 2.05) is 24.3 Å². The minimum atomic E-state index is -0.348. The van der Waals surface area contributed by atoms with Crippen LogP contribution in [0.5, 0.6) is 5.75 Å². The van der Waals surface area contributed by atoms with Gasteiger partial charge in [0.1, 0.15) is 17.7 Å². The Labute approximate surface area is 181 Å². The van der Waals surface area contributed by atoms with Gasteiger partial charge in [-0.25, -0.2) is 9.18 Å². The first-order valence-electron chi connectivity index (χ1n) is 10.9. The Morgan fingerprint density at radius 2 is 1.74 bits per heavy atom. The van der Waals surface area contributed by atoms with Gasteiger partial charge in [0.2, 0.25) is 0 Å². The van der Waals surface area contributed by atoms with Crippen LogP contribution in [0, 0.1) is 5.82 Å². The fourth-order valence-corrected chi connectivity index (χ4v) is 4.12. The van der Waals surface area contributed by atoms with Crippen LogP contribution >= 0.6 is 0 Å². The third kappa shape index (κ3) is 5.54. The summed E-state index contributed by atoms with van der Waals surface area (Å²) in [4.78, 5) is 19.8. The van der Waals surface area contributed by atoms with E-state index in [4.69, 9.17) is 15.3 Å². The number of nitrogen functional groups attached to an aromatic ring is 1. The Bertz CT molecular complexity index is 917. The van der Waals surface area contributed by atoms with Gasteiger partial charge in [0, 0.05) is 25.9 Å². The first kappa shape index (κ1) is 21.2. The number of anilines is 1. The highest BCUT2D eigenvalue weighted by Gasteiger charge is 2.26. The second-order valence-corrected chi connectivity index (χ2v) is 8.19. The molecule has 0 radical (unpaired) electrons. The highest BCUT2D eigenvalue weighted by Crippen LogP contribution is 2.33. The molecule has 2 N–H and O–H groups in total. The molecule has 1 amide bonds. The van der Waals surface area contributed by atoms with Gasteiger partial charge in [0.25, 0.3) is 0 Å². The van der Waals surface area contributed by atoms with Crippen LogP contribution < -0.4 is 10.5 Å². The van der Waals surface area contributed by atoms with E-state index in [-0.39, 0.29) is 23.7 Å². The lowest BCUT2D eigenvalue weighted by Crippen LogP contribution is -2.42. The molecule has 0 aromatic heterocycles. The molecule has 2 aliphatic rings. The summed E-state index contributed by atoms with van der Waals surface area (Å²) in [5, 5.41) is 4.39. The Hall–Kier alpha value is -3.09. The highest BCUT2D eigenvalue weighted by atomic mass is 19.1. The second kappa shape index (κ2) is 9.81. The maximum atomic E-state index is 13.7. The molecule has 164 valence electrons. The van der Waals surface area contributed by atoms with Gasteiger partial charge in [-0.1, -0.05) is 29.4 Å². The Morgan fingerprint density at radius 3 is 2.42 bits per heavy atom. The number of hydrogen-bond donors (Lipinski definition) is 1. The summed E-state index contributed by atoms with van der Waals surface area (Å²) in [5.41, 5.74) is 7.82. The van der Waals surface area contributed by atoms with Crippen LogP contribution in [0.1, 0.15) is 50.0 Å². The molecule has 1 aliphatic carbocycles. The molecule has 0 spiro atoms. The van der Waals surface area contributed by atoms with Gasteiger partial charge in [-0.2, -0.15) is 0 Å². The number of rotatable bonds is 4. The molecule has 2 aromatic rings. The summed E-state index contributed by atoms with van der Waals surface area (Å²) in [6.07, 6.45) is 4.69. The number of oxime groups is 1. The van der Waals surface area contributed by atoms with E-state index >= 15 is 0 Å². The summed E-state index contributed by atoms with van der Waals surface area (Å²) < 4.78 is 19.1. The minimum absolute atomic E-state index is 0.0113. The normalized spacial score (nSPS) is 19.7. The summed E-state index contributed by atoms with van der Waals surface area (Å²) in [6, 6.07) is 14.2. The number of para-hydroxylation sites is 1. The van der Waals surface area contributed by atoms with Crippen LogP contribution in [0.15, 0.2) is 53.7 Å². The van der Waals surface area contributed by atoms with Crippen LogP contribution in [-0.2, 0) is 4.84 Å². The summed E-state index contributed by atoms with van der Waals surface area (Å²) >= 11 is 0. The molecule has 0 atom stereocenters. The smallest absolute Gasteiger partial charge is 0.410 e. The maximum Gasteiger partial charge on any atom is 0.415 e. The van der Waals surface area contributed by atoms with Crippen LogP contribution in [0.25, 0.3) is 0 Å². The number of benzene rings is 2. The molecular formula is C24H28FN3O3. The van der Waals surface area contributed by atoms with Crippen molar-refractivity contribution in [3.63, 3.8) is 0 Å². The van der Waals surface area contributed by atoms with Crippen molar-refractivity contribution >= 4 is 17.5 Å². The highest BCUT2D eigenvalue weighted by molar-refractivity contribution is 5.84. The van der Waals surface area contributed by atoms with E-state index in [0.717, 1.165) is 49.8 Å². The van der Waals surface area contributed by atoms with Gasteiger partial charge >= 0.3 is 6.09 Å². The SMILES string of the molecule is Nc1ccc(C2CCC(=NOC3CCN(C(=O)Oc4ccccc4)CC3)CC2)cc1F. The van der Waals surface area contributed by atoms with Gasteiger partial charge in [0.15, 0.2) is 0 Å². The lowest BCUT2D eigenvalue weighted by Gasteiger charge is -2.30. The van der Waals surface area contributed by atoms with Gasteiger partial charge in [-0.3, -0.25) is 0 Å². The average molecular weight is 426 g/mol. The van der Waals surface area contributed by atoms with Gasteiger partial charge in [-0.05, 0) is 61.4 Å². The molecule has 6 nitrogen and oxygen atoms in total. The average Bonchev–Trinajstić information content (AvgIpc) is 2.81. The Kier molecular flexibility index (Phi) is 6.70. The number of carbonyl (C=O) groups excluding carboxylic acids is 1. The monoisotopic (exact) mass is 425 g/mol. The molecule has 2 aromatic carbocycles. The van der Waals surface area contributed by atoms with Crippen molar-refractivity contribution in [2.24, 2.45) is 5.16 Å². The Balaban J connectivity index is 1.20. The third-order valence-corrected chi connectivity index (χ3v) is 6.04. The van der Waals surface area contributed by atoms with E-state index in [9.17, 15) is 9.18 Å². The number of piperidine rings is 1. The number of hydrogen-bond acceptors (Lipinski definition) is 5. The quantitative estimate of drug-likeness (QED) is 0.546. The molecule has 1 heterocycles. The van der Waals surface area contributed by atoms with E-state index < -0.39 is 0 Å². The van der Waals surface area contributed by atoms with Crippen LogP contribution in [0.3, 0.4) is 0 Å². The van der Waals surface area contributed by atoms with Crippen molar-refractivity contribution in [2.45, 2.75) is 50.5 Å². The molecule has 0 unspecified atom stereocenters. The molecule has 4 rings (SSSR count). The summed E-state index contributed by atoms with van der Waals surface area (Å²) in [6.45, 7) is 1.18. The van der Waals surface area contributed by atoms with E-state index in [2.05, 4.69) is 5.16 Å². The maximum absolute atomic E-state index is 13.7. The van der Waals surface area contributed by atoms with Crippen molar-refractivity contribution in [1.29, 1.82) is 0 Å². The third-order valence-electron chi connectivity index (χ3n) is 6.04. The van der Waals surface area contributed by atoms with E-state index in [1.54, 1.807) is 29.2 Å². The molecule has 2 fully saturated rings. The van der Waals surface area contributed by atoms with Gasteiger partial charge in [0.05, 0.1) is 11.4 Å². The lowest BCUT2D eigenvalue weighted by molar-refractivity contribution is 0.0134. The number of nitrogens with two attached hydrogens (primary N) is 1. The number of carbonyl (C=O) groups is 1. The van der Waals surface area contributed by atoms with E-state index in [1.165, 1.54) is 0 Å². The van der Waals surface area contributed by atoms with E-state index in [0.29, 0.717) is 24.8 Å². The predicted molar refractivity (Wildman–Crippen MR) is 118 cm³/mol. The van der Waals surface area contributed by atoms with Crippen molar-refractivity contribution in [3.8, 4) is 5.75 Å². The Morgan fingerprint density at radius 1 is 1.03 bits per heavy atom. The molecule has 1 saturated carbocycles. The van der Waals surface area contributed by atoms with Gasteiger partial charge < -0.3 is 20.2 Å². The van der Waals surface area contributed by atoms with Crippen LogP contribution in [-0.4, -0.2) is 35.9 Å². The van der Waals surface area contributed by atoms with Crippen molar-refractivity contribution in [1.82, 2.24) is 4.90 Å². The topological polar surface area (TPSA) is 77.2 Å². The predicted octanol–water partition coefficient (Wildman–Crippen LogP) is 5.10. The van der Waals surface area contributed by atoms with Crippen molar-refractivity contribution in [3.05, 3.63) is 59.9 Å². The zero-order valence-corrected chi connectivity index (χ0v) is 17.5. The number of nitrogens with zero attached hydrogens (tertiary/aromatic N) is 2. The first-order valence-corrected chi connectivity index (χ1v) is 10.9. The molecule has 1 aliphatic heterocycles. The first-order chi connectivity index (χ1) is 15.1. The number of likely N-dealkylation sites (tertiary alicyclic amines) is 1. The standard InChI is InChI=1S/C24H28FN3O3/c25-22-16-18(8-11-23(22)26)17-6-9-19(10-7-17)27-31-21-12-14-28(15-13-21)24(29)30-20-4-2-1-3-5-20/h1-5,8,11,16-17,21H,6-7,9-10,12-15,26H2. The fourth-order valence-electron chi connectivity index (χ4n) is 4.12. The molecule has 7 heteroatoms. The van der Waals surface area contributed by atoms with Crippen LogP contribution in [0.4, 0.5) is 14.9 Å². The number of ether oxygens (including phenoxy) is 1.